The quantitative estimate of drug-likeness (QED) is 0.628. The molecule has 0 atom stereocenters. The van der Waals surface area contributed by atoms with Gasteiger partial charge < -0.3 is 0 Å². The molecule has 0 fully saturated rings. The van der Waals surface area contributed by atoms with Crippen molar-refractivity contribution in [1.82, 2.24) is 9.78 Å². The largest absolute Gasteiger partial charge is 0.266 e. The van der Waals surface area contributed by atoms with Gasteiger partial charge in [0.1, 0.15) is 5.69 Å². The van der Waals surface area contributed by atoms with E-state index < -0.39 is 0 Å². The minimum Gasteiger partial charge on any atom is -0.266 e. The number of aryl methyl sites for hydroxylation is 1. The summed E-state index contributed by atoms with van der Waals surface area (Å²) in [6, 6.07) is 5.97. The SMILES string of the molecule is Cn1[c]cc(-c2cccs2)n1. The van der Waals surface area contributed by atoms with Crippen LogP contribution in [0.3, 0.4) is 0 Å². The monoisotopic (exact) mass is 163 g/mol. The van der Waals surface area contributed by atoms with Crippen LogP contribution in [0.5, 0.6) is 0 Å². The molecular formula is C8H7N2S. The second kappa shape index (κ2) is 2.51. The topological polar surface area (TPSA) is 17.8 Å². The molecule has 0 spiro atoms. The first-order valence-electron chi connectivity index (χ1n) is 3.32. The summed E-state index contributed by atoms with van der Waals surface area (Å²) < 4.78 is 1.69. The number of aromatic nitrogens is 2. The van der Waals surface area contributed by atoms with E-state index in [4.69, 9.17) is 0 Å². The summed E-state index contributed by atoms with van der Waals surface area (Å²) in [5, 5.41) is 6.27. The van der Waals surface area contributed by atoms with E-state index in [1.54, 1.807) is 16.0 Å². The Bertz CT molecular complexity index is 335. The Morgan fingerprint density at radius 3 is 3.09 bits per heavy atom. The van der Waals surface area contributed by atoms with E-state index >= 15 is 0 Å². The number of hydrogen-bond donors (Lipinski definition) is 0. The van der Waals surface area contributed by atoms with E-state index in [1.807, 2.05) is 24.6 Å². The van der Waals surface area contributed by atoms with Gasteiger partial charge in [-0.25, -0.2) is 0 Å². The smallest absolute Gasteiger partial charge is 0.103 e. The Morgan fingerprint density at radius 1 is 1.64 bits per heavy atom. The zero-order valence-electron chi connectivity index (χ0n) is 6.11. The average molecular weight is 163 g/mol. The van der Waals surface area contributed by atoms with Crippen LogP contribution in [-0.2, 0) is 7.05 Å². The first kappa shape index (κ1) is 6.61. The Kier molecular flexibility index (Phi) is 1.51. The van der Waals surface area contributed by atoms with Crippen LogP contribution in [0.4, 0.5) is 0 Å². The van der Waals surface area contributed by atoms with E-state index in [9.17, 15) is 0 Å². The van der Waals surface area contributed by atoms with Crippen molar-refractivity contribution in [2.75, 3.05) is 0 Å². The molecule has 55 valence electrons. The average Bonchev–Trinajstić information content (AvgIpc) is 2.55. The molecule has 0 unspecified atom stereocenters. The second-order valence-corrected chi connectivity index (χ2v) is 3.21. The maximum Gasteiger partial charge on any atom is 0.103 e. The summed E-state index contributed by atoms with van der Waals surface area (Å²) >= 11 is 1.69. The molecule has 3 heteroatoms. The molecule has 2 heterocycles. The normalized spacial score (nSPS) is 10.3. The van der Waals surface area contributed by atoms with E-state index in [-0.39, 0.29) is 0 Å². The van der Waals surface area contributed by atoms with E-state index in [2.05, 4.69) is 17.4 Å². The molecule has 0 saturated carbocycles. The van der Waals surface area contributed by atoms with Crippen molar-refractivity contribution in [3.8, 4) is 10.6 Å². The lowest BCUT2D eigenvalue weighted by molar-refractivity contribution is 0.765. The lowest BCUT2D eigenvalue weighted by Crippen LogP contribution is -1.86. The molecule has 2 rings (SSSR count). The van der Waals surface area contributed by atoms with Crippen LogP contribution in [0, 0.1) is 6.20 Å². The third-order valence-corrected chi connectivity index (χ3v) is 2.31. The second-order valence-electron chi connectivity index (χ2n) is 2.26. The maximum absolute atomic E-state index is 4.22. The fourth-order valence-electron chi connectivity index (χ4n) is 0.919. The fraction of sp³-hybridized carbons (Fsp3) is 0.125. The highest BCUT2D eigenvalue weighted by molar-refractivity contribution is 7.13. The molecule has 0 N–H and O–H groups in total. The van der Waals surface area contributed by atoms with Gasteiger partial charge in [0.05, 0.1) is 11.1 Å². The summed E-state index contributed by atoms with van der Waals surface area (Å²) in [6.07, 6.45) is 2.97. The molecule has 1 radical (unpaired) electrons. The first-order valence-corrected chi connectivity index (χ1v) is 4.20. The molecule has 2 aromatic rings. The molecule has 0 aliphatic rings. The molecule has 2 nitrogen and oxygen atoms in total. The molecule has 0 saturated heterocycles. The summed E-state index contributed by atoms with van der Waals surface area (Å²) in [4.78, 5) is 1.20. The molecular weight excluding hydrogens is 156 g/mol. The van der Waals surface area contributed by atoms with E-state index in [1.165, 1.54) is 4.88 Å². The Balaban J connectivity index is 2.45. The van der Waals surface area contributed by atoms with Gasteiger partial charge in [0.25, 0.3) is 0 Å². The third kappa shape index (κ3) is 1.19. The van der Waals surface area contributed by atoms with Gasteiger partial charge >= 0.3 is 0 Å². The summed E-state index contributed by atoms with van der Waals surface area (Å²) in [5.41, 5.74) is 1.00. The zero-order chi connectivity index (χ0) is 7.68. The van der Waals surface area contributed by atoms with Gasteiger partial charge in [0, 0.05) is 7.05 Å². The highest BCUT2D eigenvalue weighted by Gasteiger charge is 2.00. The van der Waals surface area contributed by atoms with Crippen molar-refractivity contribution in [2.24, 2.45) is 7.05 Å². The fourth-order valence-corrected chi connectivity index (χ4v) is 1.60. The van der Waals surface area contributed by atoms with Gasteiger partial charge in [-0.1, -0.05) is 6.07 Å². The number of nitrogens with zero attached hydrogens (tertiary/aromatic N) is 2. The Labute approximate surface area is 69.1 Å². The summed E-state index contributed by atoms with van der Waals surface area (Å²) in [5.74, 6) is 0. The van der Waals surface area contributed by atoms with Crippen LogP contribution in [0.2, 0.25) is 0 Å². The Hall–Kier alpha value is -1.09. The minimum atomic E-state index is 1.00. The highest BCUT2D eigenvalue weighted by atomic mass is 32.1. The van der Waals surface area contributed by atoms with Gasteiger partial charge in [-0.2, -0.15) is 5.10 Å². The molecule has 0 bridgehead atoms. The maximum atomic E-state index is 4.22. The summed E-state index contributed by atoms with van der Waals surface area (Å²) in [7, 11) is 1.87. The van der Waals surface area contributed by atoms with Crippen LogP contribution in [-0.4, -0.2) is 9.78 Å². The predicted molar refractivity (Wildman–Crippen MR) is 45.4 cm³/mol. The van der Waals surface area contributed by atoms with Crippen LogP contribution in [0.15, 0.2) is 23.6 Å². The van der Waals surface area contributed by atoms with Crippen molar-refractivity contribution in [3.63, 3.8) is 0 Å². The number of thiophene rings is 1. The third-order valence-electron chi connectivity index (χ3n) is 1.42. The van der Waals surface area contributed by atoms with Crippen LogP contribution in [0.25, 0.3) is 10.6 Å². The molecule has 0 aliphatic heterocycles. The van der Waals surface area contributed by atoms with Crippen LogP contribution >= 0.6 is 11.3 Å². The Morgan fingerprint density at radius 2 is 2.55 bits per heavy atom. The predicted octanol–water partition coefficient (Wildman–Crippen LogP) is 1.95. The van der Waals surface area contributed by atoms with Gasteiger partial charge in [-0.15, -0.1) is 11.3 Å². The molecule has 0 aliphatic carbocycles. The lowest BCUT2D eigenvalue weighted by Gasteiger charge is -1.86. The minimum absolute atomic E-state index is 1.00. The van der Waals surface area contributed by atoms with Crippen molar-refractivity contribution in [1.29, 1.82) is 0 Å². The van der Waals surface area contributed by atoms with Gasteiger partial charge in [-0.3, -0.25) is 4.68 Å². The molecule has 11 heavy (non-hydrogen) atoms. The molecule has 2 aromatic heterocycles. The molecule has 0 aromatic carbocycles. The van der Waals surface area contributed by atoms with E-state index in [0.717, 1.165) is 5.69 Å². The highest BCUT2D eigenvalue weighted by Crippen LogP contribution is 2.21. The van der Waals surface area contributed by atoms with Crippen molar-refractivity contribution < 1.29 is 0 Å². The van der Waals surface area contributed by atoms with Gasteiger partial charge in [0.2, 0.25) is 0 Å². The zero-order valence-corrected chi connectivity index (χ0v) is 6.93. The van der Waals surface area contributed by atoms with E-state index in [0.29, 0.717) is 0 Å². The summed E-state index contributed by atoms with van der Waals surface area (Å²) in [6.45, 7) is 0. The van der Waals surface area contributed by atoms with Gasteiger partial charge in [0.15, 0.2) is 0 Å². The lowest BCUT2D eigenvalue weighted by atomic mass is 10.4. The number of rotatable bonds is 1. The molecule has 0 amide bonds. The standard InChI is InChI=1S/C8H7N2S/c1-10-5-4-7(9-10)8-3-2-6-11-8/h2-4,6H,1H3. The number of hydrogen-bond acceptors (Lipinski definition) is 2. The first-order chi connectivity index (χ1) is 5.36. The van der Waals surface area contributed by atoms with Crippen LogP contribution < -0.4 is 0 Å². The van der Waals surface area contributed by atoms with Crippen molar-refractivity contribution in [2.45, 2.75) is 0 Å². The van der Waals surface area contributed by atoms with Crippen molar-refractivity contribution in [3.05, 3.63) is 29.8 Å². The van der Waals surface area contributed by atoms with Crippen LogP contribution in [0.1, 0.15) is 0 Å². The van der Waals surface area contributed by atoms with Gasteiger partial charge in [-0.05, 0) is 17.5 Å². The van der Waals surface area contributed by atoms with Crippen molar-refractivity contribution >= 4 is 11.3 Å².